The van der Waals surface area contributed by atoms with Gasteiger partial charge < -0.3 is 9.15 Å². The topological polar surface area (TPSA) is 39.4 Å². The number of furan rings is 1. The molecule has 1 fully saturated rings. The fourth-order valence-corrected chi connectivity index (χ4v) is 3.69. The van der Waals surface area contributed by atoms with Crippen LogP contribution in [0.5, 0.6) is 5.75 Å². The van der Waals surface area contributed by atoms with E-state index < -0.39 is 4.32 Å². The predicted octanol–water partition coefficient (Wildman–Crippen LogP) is 4.97. The number of rotatable bonds is 6. The van der Waals surface area contributed by atoms with E-state index in [2.05, 4.69) is 22.9 Å². The van der Waals surface area contributed by atoms with Crippen molar-refractivity contribution in [2.75, 3.05) is 7.11 Å². The molecular formula is C17H19BrO3. The predicted molar refractivity (Wildman–Crippen MR) is 86.4 cm³/mol. The smallest absolute Gasteiger partial charge is 0.214 e. The third-order valence-electron chi connectivity index (χ3n) is 4.27. The number of hydrogen-bond donors (Lipinski definition) is 0. The number of para-hydroxylation sites is 1. The van der Waals surface area contributed by atoms with Crippen LogP contribution in [0.4, 0.5) is 0 Å². The quantitative estimate of drug-likeness (QED) is 0.545. The SMILES string of the molecule is CCCC[C@H]1C[C@]1(Br)C(=O)c1cc2cccc(OC)c2o1. The van der Waals surface area contributed by atoms with Gasteiger partial charge in [-0.1, -0.05) is 47.8 Å². The summed E-state index contributed by atoms with van der Waals surface area (Å²) in [6.07, 6.45) is 4.33. The molecular weight excluding hydrogens is 332 g/mol. The molecule has 0 bridgehead atoms. The van der Waals surface area contributed by atoms with Crippen molar-refractivity contribution in [1.82, 2.24) is 0 Å². The molecule has 0 radical (unpaired) electrons. The summed E-state index contributed by atoms with van der Waals surface area (Å²) in [6, 6.07) is 7.49. The van der Waals surface area contributed by atoms with Gasteiger partial charge in [0, 0.05) is 5.39 Å². The summed E-state index contributed by atoms with van der Waals surface area (Å²) in [4.78, 5) is 12.7. The zero-order chi connectivity index (χ0) is 15.0. The third-order valence-corrected chi connectivity index (χ3v) is 5.60. The average molecular weight is 351 g/mol. The maximum absolute atomic E-state index is 12.7. The maximum atomic E-state index is 12.7. The van der Waals surface area contributed by atoms with E-state index in [1.54, 1.807) is 7.11 Å². The van der Waals surface area contributed by atoms with Crippen molar-refractivity contribution < 1.29 is 13.9 Å². The van der Waals surface area contributed by atoms with Crippen LogP contribution in [0.3, 0.4) is 0 Å². The number of carbonyl (C=O) groups excluding carboxylic acids is 1. The van der Waals surface area contributed by atoms with Gasteiger partial charge in [-0.3, -0.25) is 4.79 Å². The van der Waals surface area contributed by atoms with E-state index in [1.807, 2.05) is 24.3 Å². The molecule has 0 amide bonds. The lowest BCUT2D eigenvalue weighted by Gasteiger charge is -2.05. The van der Waals surface area contributed by atoms with E-state index in [0.717, 1.165) is 24.6 Å². The van der Waals surface area contributed by atoms with Gasteiger partial charge in [0.2, 0.25) is 5.78 Å². The Kier molecular flexibility index (Phi) is 3.82. The molecule has 0 spiro atoms. The van der Waals surface area contributed by atoms with E-state index in [9.17, 15) is 4.79 Å². The van der Waals surface area contributed by atoms with Crippen molar-refractivity contribution in [3.63, 3.8) is 0 Å². The van der Waals surface area contributed by atoms with Gasteiger partial charge in [0.25, 0.3) is 0 Å². The third kappa shape index (κ3) is 2.50. The van der Waals surface area contributed by atoms with Crippen LogP contribution in [0.2, 0.25) is 0 Å². The minimum atomic E-state index is -0.413. The molecule has 3 nitrogen and oxygen atoms in total. The Morgan fingerprint density at radius 2 is 2.33 bits per heavy atom. The molecule has 21 heavy (non-hydrogen) atoms. The van der Waals surface area contributed by atoms with Gasteiger partial charge >= 0.3 is 0 Å². The lowest BCUT2D eigenvalue weighted by molar-refractivity contribution is 0.0952. The molecule has 0 N–H and O–H groups in total. The minimum Gasteiger partial charge on any atom is -0.493 e. The zero-order valence-electron chi connectivity index (χ0n) is 12.3. The van der Waals surface area contributed by atoms with Gasteiger partial charge in [-0.15, -0.1) is 0 Å². The van der Waals surface area contributed by atoms with Crippen molar-refractivity contribution in [2.45, 2.75) is 36.9 Å². The van der Waals surface area contributed by atoms with Gasteiger partial charge in [0.1, 0.15) is 0 Å². The van der Waals surface area contributed by atoms with Gasteiger partial charge in [-0.25, -0.2) is 0 Å². The average Bonchev–Trinajstić information content (AvgIpc) is 2.97. The summed E-state index contributed by atoms with van der Waals surface area (Å²) in [5, 5.41) is 0.902. The largest absolute Gasteiger partial charge is 0.493 e. The van der Waals surface area contributed by atoms with Crippen LogP contribution in [0.1, 0.15) is 43.2 Å². The van der Waals surface area contributed by atoms with Crippen LogP contribution in [0.15, 0.2) is 28.7 Å². The van der Waals surface area contributed by atoms with Gasteiger partial charge in [-0.05, 0) is 30.9 Å². The first-order chi connectivity index (χ1) is 10.1. The Morgan fingerprint density at radius 3 is 3.05 bits per heavy atom. The summed E-state index contributed by atoms with van der Waals surface area (Å²) in [5.41, 5.74) is 0.644. The monoisotopic (exact) mass is 350 g/mol. The van der Waals surface area contributed by atoms with E-state index in [1.165, 1.54) is 6.42 Å². The minimum absolute atomic E-state index is 0.0573. The molecule has 1 heterocycles. The standard InChI is InChI=1S/C17H19BrO3/c1-3-4-7-12-10-17(12,18)16(19)14-9-11-6-5-8-13(20-2)15(11)21-14/h5-6,8-9,12H,3-4,7,10H2,1-2H3/t12-,17+/m0/s1. The second-order valence-electron chi connectivity index (χ2n) is 5.72. The van der Waals surface area contributed by atoms with Crippen molar-refractivity contribution in [2.24, 2.45) is 5.92 Å². The highest BCUT2D eigenvalue weighted by molar-refractivity contribution is 9.10. The van der Waals surface area contributed by atoms with Crippen LogP contribution < -0.4 is 4.74 Å². The van der Waals surface area contributed by atoms with E-state index >= 15 is 0 Å². The van der Waals surface area contributed by atoms with Crippen LogP contribution in [0.25, 0.3) is 11.0 Å². The lowest BCUT2D eigenvalue weighted by Crippen LogP contribution is -2.17. The van der Waals surface area contributed by atoms with Crippen LogP contribution in [-0.2, 0) is 0 Å². The number of benzene rings is 1. The summed E-state index contributed by atoms with van der Waals surface area (Å²) in [5.74, 6) is 1.57. The Morgan fingerprint density at radius 1 is 1.52 bits per heavy atom. The molecule has 0 unspecified atom stereocenters. The van der Waals surface area contributed by atoms with Gasteiger partial charge in [-0.2, -0.15) is 0 Å². The summed E-state index contributed by atoms with van der Waals surface area (Å²) in [6.45, 7) is 2.17. The van der Waals surface area contributed by atoms with Crippen LogP contribution in [-0.4, -0.2) is 17.2 Å². The second-order valence-corrected chi connectivity index (χ2v) is 7.14. The number of ketones is 1. The fourth-order valence-electron chi connectivity index (χ4n) is 2.87. The Hall–Kier alpha value is -1.29. The van der Waals surface area contributed by atoms with Crippen LogP contribution >= 0.6 is 15.9 Å². The lowest BCUT2D eigenvalue weighted by atomic mass is 10.1. The fraction of sp³-hybridized carbons (Fsp3) is 0.471. The number of methoxy groups -OCH3 is 1. The molecule has 3 rings (SSSR count). The molecule has 2 atom stereocenters. The summed E-state index contributed by atoms with van der Waals surface area (Å²) >= 11 is 3.64. The van der Waals surface area contributed by atoms with Crippen molar-refractivity contribution >= 4 is 32.7 Å². The first-order valence-electron chi connectivity index (χ1n) is 7.40. The number of halogens is 1. The number of ether oxygens (including phenoxy) is 1. The van der Waals surface area contributed by atoms with E-state index in [0.29, 0.717) is 23.0 Å². The molecule has 0 aliphatic heterocycles. The first kappa shape index (κ1) is 14.6. The molecule has 1 aromatic heterocycles. The van der Waals surface area contributed by atoms with Gasteiger partial charge in [0.05, 0.1) is 11.4 Å². The summed E-state index contributed by atoms with van der Waals surface area (Å²) < 4.78 is 10.6. The molecule has 1 aliphatic carbocycles. The van der Waals surface area contributed by atoms with E-state index in [-0.39, 0.29) is 5.78 Å². The molecule has 1 saturated carbocycles. The number of fused-ring (bicyclic) bond motifs is 1. The number of unbranched alkanes of at least 4 members (excludes halogenated alkanes) is 1. The van der Waals surface area contributed by atoms with Crippen molar-refractivity contribution in [3.05, 3.63) is 30.0 Å². The number of Topliss-reactive ketones (excluding diaryl/α,β-unsaturated/α-hetero) is 1. The Labute approximate surface area is 132 Å². The second kappa shape index (κ2) is 5.48. The molecule has 112 valence electrons. The normalized spacial score (nSPS) is 24.2. The molecule has 1 aromatic carbocycles. The molecule has 2 aromatic rings. The zero-order valence-corrected chi connectivity index (χ0v) is 13.9. The van der Waals surface area contributed by atoms with Crippen molar-refractivity contribution in [1.29, 1.82) is 0 Å². The Bertz CT molecular complexity index is 676. The number of alkyl halides is 1. The molecule has 1 aliphatic rings. The van der Waals surface area contributed by atoms with Crippen LogP contribution in [0, 0.1) is 5.92 Å². The van der Waals surface area contributed by atoms with E-state index in [4.69, 9.17) is 9.15 Å². The molecule has 0 saturated heterocycles. The molecule has 4 heteroatoms. The highest BCUT2D eigenvalue weighted by Crippen LogP contribution is 2.56. The number of carbonyl (C=O) groups is 1. The maximum Gasteiger partial charge on any atom is 0.214 e. The van der Waals surface area contributed by atoms with Crippen molar-refractivity contribution in [3.8, 4) is 5.75 Å². The summed E-state index contributed by atoms with van der Waals surface area (Å²) in [7, 11) is 1.60. The number of hydrogen-bond acceptors (Lipinski definition) is 3. The van der Waals surface area contributed by atoms with Gasteiger partial charge in [0.15, 0.2) is 17.1 Å². The highest BCUT2D eigenvalue weighted by atomic mass is 79.9. The first-order valence-corrected chi connectivity index (χ1v) is 8.19. The Balaban J connectivity index is 1.86. The highest BCUT2D eigenvalue weighted by Gasteiger charge is 2.58.